The van der Waals surface area contributed by atoms with Gasteiger partial charge in [0.2, 0.25) is 0 Å². The van der Waals surface area contributed by atoms with Gasteiger partial charge in [-0.15, -0.1) is 0 Å². The Hall–Kier alpha value is -2.51. The molecule has 4 N–H and O–H groups in total. The number of benzene rings is 2. The van der Waals surface area contributed by atoms with Crippen LogP contribution in [0, 0.1) is 18.6 Å². The molecule has 140 valence electrons. The normalized spacial score (nSPS) is 13.2. The van der Waals surface area contributed by atoms with E-state index < -0.39 is 29.9 Å². The zero-order valence-corrected chi connectivity index (χ0v) is 14.4. The fraction of sp³-hybridized carbons (Fsp3) is 0.316. The number of carboxylic acid groups (broad SMARTS) is 1. The van der Waals surface area contributed by atoms with Crippen LogP contribution in [0.4, 0.5) is 13.6 Å². The van der Waals surface area contributed by atoms with Crippen molar-refractivity contribution in [2.75, 3.05) is 6.54 Å². The lowest BCUT2D eigenvalue weighted by Crippen LogP contribution is -2.48. The minimum Gasteiger partial charge on any atom is -0.465 e. The Balaban J connectivity index is 1.97. The molecule has 0 aromatic heterocycles. The molecular formula is C19H22F2N2O3. The van der Waals surface area contributed by atoms with Crippen molar-refractivity contribution >= 4 is 6.09 Å². The van der Waals surface area contributed by atoms with Crippen molar-refractivity contribution in [3.05, 3.63) is 70.8 Å². The first-order valence-electron chi connectivity index (χ1n) is 8.22. The Morgan fingerprint density at radius 3 is 2.42 bits per heavy atom. The van der Waals surface area contributed by atoms with Crippen LogP contribution in [-0.4, -0.2) is 35.0 Å². The van der Waals surface area contributed by atoms with Gasteiger partial charge in [0, 0.05) is 19.2 Å². The maximum atomic E-state index is 13.3. The van der Waals surface area contributed by atoms with Crippen LogP contribution < -0.4 is 10.6 Å². The van der Waals surface area contributed by atoms with Crippen LogP contribution in [0.5, 0.6) is 0 Å². The van der Waals surface area contributed by atoms with E-state index in [4.69, 9.17) is 5.11 Å². The summed E-state index contributed by atoms with van der Waals surface area (Å²) in [6.07, 6.45) is -2.42. The summed E-state index contributed by atoms with van der Waals surface area (Å²) in [6, 6.07) is 9.91. The summed E-state index contributed by atoms with van der Waals surface area (Å²) in [5, 5.41) is 24.5. The predicted octanol–water partition coefficient (Wildman–Crippen LogP) is 2.60. The molecule has 0 aliphatic carbocycles. The first kappa shape index (κ1) is 19.8. The van der Waals surface area contributed by atoms with E-state index >= 15 is 0 Å². The number of amides is 1. The second-order valence-electron chi connectivity index (χ2n) is 6.23. The van der Waals surface area contributed by atoms with Crippen LogP contribution in [0.1, 0.15) is 16.7 Å². The van der Waals surface area contributed by atoms with E-state index in [0.717, 1.165) is 29.3 Å². The molecule has 0 aliphatic rings. The summed E-state index contributed by atoms with van der Waals surface area (Å²) in [4.78, 5) is 11.0. The SMILES string of the molecule is Cc1cccc(CNC[C@H](O)[C@H](Cc2cc(F)cc(F)c2)NC(=O)O)c1. The van der Waals surface area contributed by atoms with Crippen LogP contribution in [0.25, 0.3) is 0 Å². The lowest BCUT2D eigenvalue weighted by molar-refractivity contribution is 0.117. The number of rotatable bonds is 8. The zero-order valence-electron chi connectivity index (χ0n) is 14.4. The second-order valence-corrected chi connectivity index (χ2v) is 6.23. The number of hydrogen-bond donors (Lipinski definition) is 4. The standard InChI is InChI=1S/C19H22F2N2O3/c1-12-3-2-4-13(5-12)10-22-11-18(24)17(23-19(25)26)8-14-6-15(20)9-16(21)7-14/h2-7,9,17-18,22-24H,8,10-11H2,1H3,(H,25,26)/t17-,18-/m0/s1. The van der Waals surface area contributed by atoms with Crippen molar-refractivity contribution in [2.45, 2.75) is 32.0 Å². The minimum atomic E-state index is -1.32. The smallest absolute Gasteiger partial charge is 0.404 e. The van der Waals surface area contributed by atoms with Gasteiger partial charge in [0.1, 0.15) is 11.6 Å². The molecule has 0 radical (unpaired) electrons. The molecule has 0 unspecified atom stereocenters. The molecule has 0 bridgehead atoms. The van der Waals surface area contributed by atoms with E-state index in [-0.39, 0.29) is 18.5 Å². The number of aliphatic hydroxyl groups excluding tert-OH is 1. The molecule has 0 spiro atoms. The maximum Gasteiger partial charge on any atom is 0.404 e. The first-order valence-corrected chi connectivity index (χ1v) is 8.22. The lowest BCUT2D eigenvalue weighted by Gasteiger charge is -2.23. The Morgan fingerprint density at radius 1 is 1.12 bits per heavy atom. The highest BCUT2D eigenvalue weighted by molar-refractivity contribution is 5.65. The molecule has 7 heteroatoms. The van der Waals surface area contributed by atoms with Gasteiger partial charge in [0.05, 0.1) is 12.1 Å². The van der Waals surface area contributed by atoms with Crippen LogP contribution in [0.2, 0.25) is 0 Å². The number of carbonyl (C=O) groups is 1. The van der Waals surface area contributed by atoms with Gasteiger partial charge in [0.25, 0.3) is 0 Å². The molecule has 26 heavy (non-hydrogen) atoms. The summed E-state index contributed by atoms with van der Waals surface area (Å²) in [6.45, 7) is 2.60. The average molecular weight is 364 g/mol. The number of nitrogens with one attached hydrogen (secondary N) is 2. The summed E-state index contributed by atoms with van der Waals surface area (Å²) < 4.78 is 26.6. The average Bonchev–Trinajstić information content (AvgIpc) is 2.53. The molecule has 2 aromatic carbocycles. The van der Waals surface area contributed by atoms with Crippen molar-refractivity contribution in [3.63, 3.8) is 0 Å². The third kappa shape index (κ3) is 6.42. The molecule has 0 aliphatic heterocycles. The van der Waals surface area contributed by atoms with E-state index in [9.17, 15) is 18.7 Å². The highest BCUT2D eigenvalue weighted by Crippen LogP contribution is 2.12. The second kappa shape index (κ2) is 9.26. The number of aryl methyl sites for hydroxylation is 1. The van der Waals surface area contributed by atoms with Gasteiger partial charge in [-0.05, 0) is 36.6 Å². The summed E-state index contributed by atoms with van der Waals surface area (Å²) in [5.41, 5.74) is 2.41. The van der Waals surface area contributed by atoms with Crippen molar-refractivity contribution < 1.29 is 23.8 Å². The molecule has 2 rings (SSSR count). The molecule has 1 amide bonds. The quantitative estimate of drug-likeness (QED) is 0.580. The first-order chi connectivity index (χ1) is 12.3. The molecule has 2 aromatic rings. The van der Waals surface area contributed by atoms with Crippen molar-refractivity contribution in [1.82, 2.24) is 10.6 Å². The predicted molar refractivity (Wildman–Crippen MR) is 93.9 cm³/mol. The Morgan fingerprint density at radius 2 is 1.81 bits per heavy atom. The minimum absolute atomic E-state index is 0.0335. The van der Waals surface area contributed by atoms with E-state index in [0.29, 0.717) is 6.54 Å². The summed E-state index contributed by atoms with van der Waals surface area (Å²) in [7, 11) is 0. The topological polar surface area (TPSA) is 81.6 Å². The van der Waals surface area contributed by atoms with E-state index in [2.05, 4.69) is 10.6 Å². The molecule has 0 heterocycles. The third-order valence-corrected chi connectivity index (χ3v) is 3.92. The Kier molecular flexibility index (Phi) is 7.06. The molecule has 0 fully saturated rings. The molecule has 0 saturated heterocycles. The van der Waals surface area contributed by atoms with Gasteiger partial charge in [0.15, 0.2) is 0 Å². The van der Waals surface area contributed by atoms with Gasteiger partial charge in [-0.1, -0.05) is 29.8 Å². The van der Waals surface area contributed by atoms with Crippen LogP contribution in [-0.2, 0) is 13.0 Å². The van der Waals surface area contributed by atoms with E-state index in [1.165, 1.54) is 0 Å². The van der Waals surface area contributed by atoms with Gasteiger partial charge >= 0.3 is 6.09 Å². The number of halogens is 2. The number of hydrogen-bond acceptors (Lipinski definition) is 3. The molecule has 0 saturated carbocycles. The molecular weight excluding hydrogens is 342 g/mol. The van der Waals surface area contributed by atoms with Crippen molar-refractivity contribution in [1.29, 1.82) is 0 Å². The monoisotopic (exact) mass is 364 g/mol. The van der Waals surface area contributed by atoms with Crippen LogP contribution in [0.15, 0.2) is 42.5 Å². The van der Waals surface area contributed by atoms with E-state index in [1.54, 1.807) is 0 Å². The maximum absolute atomic E-state index is 13.3. The van der Waals surface area contributed by atoms with Crippen LogP contribution >= 0.6 is 0 Å². The van der Waals surface area contributed by atoms with Crippen molar-refractivity contribution in [3.8, 4) is 0 Å². The van der Waals surface area contributed by atoms with Crippen LogP contribution in [0.3, 0.4) is 0 Å². The Bertz CT molecular complexity index is 735. The number of aliphatic hydroxyl groups is 1. The van der Waals surface area contributed by atoms with Gasteiger partial charge in [-0.2, -0.15) is 0 Å². The molecule has 5 nitrogen and oxygen atoms in total. The fourth-order valence-corrected chi connectivity index (χ4v) is 2.75. The largest absolute Gasteiger partial charge is 0.465 e. The summed E-state index contributed by atoms with van der Waals surface area (Å²) >= 11 is 0. The highest BCUT2D eigenvalue weighted by atomic mass is 19.1. The van der Waals surface area contributed by atoms with Gasteiger partial charge < -0.3 is 20.8 Å². The van der Waals surface area contributed by atoms with E-state index in [1.807, 2.05) is 31.2 Å². The van der Waals surface area contributed by atoms with Gasteiger partial charge in [-0.25, -0.2) is 13.6 Å². The molecule has 2 atom stereocenters. The lowest BCUT2D eigenvalue weighted by atomic mass is 10.0. The highest BCUT2D eigenvalue weighted by Gasteiger charge is 2.22. The fourth-order valence-electron chi connectivity index (χ4n) is 2.75. The van der Waals surface area contributed by atoms with Gasteiger partial charge in [-0.3, -0.25) is 0 Å². The summed E-state index contributed by atoms with van der Waals surface area (Å²) in [5.74, 6) is -1.50. The van der Waals surface area contributed by atoms with Crippen molar-refractivity contribution in [2.24, 2.45) is 0 Å². The Labute approximate surface area is 150 Å². The third-order valence-electron chi connectivity index (χ3n) is 3.92. The zero-order chi connectivity index (χ0) is 19.1.